The molecule has 0 aromatic heterocycles. The first-order chi connectivity index (χ1) is 11.1. The van der Waals surface area contributed by atoms with E-state index < -0.39 is 6.10 Å². The third kappa shape index (κ3) is 3.85. The monoisotopic (exact) mass is 329 g/mol. The summed E-state index contributed by atoms with van der Waals surface area (Å²) in [6.07, 6.45) is 3.97. The molecule has 23 heavy (non-hydrogen) atoms. The number of carbonyl (C=O) groups excluding carboxylic acids is 1. The molecule has 0 heterocycles. The SMILES string of the molecule is C[C@H](Oc1cccc2c1CCCC2)C(=O)Nc1ccc(Cl)cc1. The summed E-state index contributed by atoms with van der Waals surface area (Å²) in [4.78, 5) is 12.3. The number of fused-ring (bicyclic) bond motifs is 1. The maximum absolute atomic E-state index is 12.3. The first-order valence-corrected chi connectivity index (χ1v) is 8.35. The molecule has 1 aliphatic carbocycles. The van der Waals surface area contributed by atoms with Crippen LogP contribution in [0, 0.1) is 0 Å². The van der Waals surface area contributed by atoms with Crippen LogP contribution >= 0.6 is 11.6 Å². The fourth-order valence-electron chi connectivity index (χ4n) is 2.88. The summed E-state index contributed by atoms with van der Waals surface area (Å²) in [6, 6.07) is 13.2. The number of hydrogen-bond acceptors (Lipinski definition) is 2. The van der Waals surface area contributed by atoms with Crippen LogP contribution in [0.2, 0.25) is 5.02 Å². The number of benzene rings is 2. The van der Waals surface area contributed by atoms with Crippen molar-refractivity contribution in [3.63, 3.8) is 0 Å². The minimum atomic E-state index is -0.556. The van der Waals surface area contributed by atoms with Gasteiger partial charge in [0.25, 0.3) is 5.91 Å². The van der Waals surface area contributed by atoms with Crippen molar-refractivity contribution in [3.8, 4) is 5.75 Å². The van der Waals surface area contributed by atoms with E-state index >= 15 is 0 Å². The molecule has 0 fully saturated rings. The smallest absolute Gasteiger partial charge is 0.265 e. The highest BCUT2D eigenvalue weighted by atomic mass is 35.5. The van der Waals surface area contributed by atoms with Crippen LogP contribution in [0.15, 0.2) is 42.5 Å². The number of carbonyl (C=O) groups is 1. The summed E-state index contributed by atoms with van der Waals surface area (Å²) < 4.78 is 5.93. The lowest BCUT2D eigenvalue weighted by Gasteiger charge is -2.22. The van der Waals surface area contributed by atoms with Crippen molar-refractivity contribution in [2.45, 2.75) is 38.7 Å². The van der Waals surface area contributed by atoms with Crippen LogP contribution in [-0.4, -0.2) is 12.0 Å². The van der Waals surface area contributed by atoms with Crippen molar-refractivity contribution in [2.24, 2.45) is 0 Å². The molecule has 120 valence electrons. The Balaban J connectivity index is 1.68. The first-order valence-electron chi connectivity index (χ1n) is 7.97. The van der Waals surface area contributed by atoms with Crippen LogP contribution in [0.25, 0.3) is 0 Å². The van der Waals surface area contributed by atoms with Crippen LogP contribution in [0.3, 0.4) is 0 Å². The molecule has 3 nitrogen and oxygen atoms in total. The lowest BCUT2D eigenvalue weighted by molar-refractivity contribution is -0.122. The number of amides is 1. The summed E-state index contributed by atoms with van der Waals surface area (Å²) >= 11 is 5.85. The minimum Gasteiger partial charge on any atom is -0.481 e. The largest absolute Gasteiger partial charge is 0.481 e. The van der Waals surface area contributed by atoms with E-state index in [1.165, 1.54) is 24.0 Å². The zero-order valence-electron chi connectivity index (χ0n) is 13.1. The molecule has 0 bridgehead atoms. The third-order valence-electron chi connectivity index (χ3n) is 4.14. The fourth-order valence-corrected chi connectivity index (χ4v) is 3.00. The number of hydrogen-bond donors (Lipinski definition) is 1. The number of ether oxygens (including phenoxy) is 1. The molecule has 2 aromatic carbocycles. The van der Waals surface area contributed by atoms with Gasteiger partial charge in [-0.2, -0.15) is 0 Å². The predicted octanol–water partition coefficient (Wildman–Crippen LogP) is 4.62. The van der Waals surface area contributed by atoms with E-state index in [-0.39, 0.29) is 5.91 Å². The van der Waals surface area contributed by atoms with Crippen molar-refractivity contribution < 1.29 is 9.53 Å². The third-order valence-corrected chi connectivity index (χ3v) is 4.39. The van der Waals surface area contributed by atoms with E-state index in [9.17, 15) is 4.79 Å². The summed E-state index contributed by atoms with van der Waals surface area (Å²) in [7, 11) is 0. The van der Waals surface area contributed by atoms with E-state index in [0.29, 0.717) is 10.7 Å². The van der Waals surface area contributed by atoms with Gasteiger partial charge >= 0.3 is 0 Å². The van der Waals surface area contributed by atoms with Gasteiger partial charge in [-0.15, -0.1) is 0 Å². The highest BCUT2D eigenvalue weighted by molar-refractivity contribution is 6.30. The molecule has 0 saturated carbocycles. The van der Waals surface area contributed by atoms with Crippen LogP contribution < -0.4 is 10.1 Å². The Bertz CT molecular complexity index is 697. The normalized spacial score (nSPS) is 14.7. The van der Waals surface area contributed by atoms with Crippen molar-refractivity contribution in [1.29, 1.82) is 0 Å². The molecule has 0 saturated heterocycles. The van der Waals surface area contributed by atoms with Gasteiger partial charge in [-0.25, -0.2) is 0 Å². The second kappa shape index (κ2) is 7.05. The van der Waals surface area contributed by atoms with E-state index in [2.05, 4.69) is 11.4 Å². The predicted molar refractivity (Wildman–Crippen MR) is 93.3 cm³/mol. The Morgan fingerprint density at radius 3 is 2.65 bits per heavy atom. The number of anilines is 1. The highest BCUT2D eigenvalue weighted by Gasteiger charge is 2.19. The van der Waals surface area contributed by atoms with Gasteiger partial charge in [-0.3, -0.25) is 4.79 Å². The highest BCUT2D eigenvalue weighted by Crippen LogP contribution is 2.30. The maximum atomic E-state index is 12.3. The summed E-state index contributed by atoms with van der Waals surface area (Å²) in [5.74, 6) is 0.668. The van der Waals surface area contributed by atoms with Gasteiger partial charge in [0, 0.05) is 10.7 Å². The molecule has 0 aliphatic heterocycles. The Morgan fingerprint density at radius 2 is 1.87 bits per heavy atom. The van der Waals surface area contributed by atoms with Crippen LogP contribution in [-0.2, 0) is 17.6 Å². The van der Waals surface area contributed by atoms with Crippen LogP contribution in [0.5, 0.6) is 5.75 Å². The summed E-state index contributed by atoms with van der Waals surface area (Å²) in [5.41, 5.74) is 3.31. The van der Waals surface area contributed by atoms with Crippen molar-refractivity contribution >= 4 is 23.2 Å². The van der Waals surface area contributed by atoms with Gasteiger partial charge in [0.2, 0.25) is 0 Å². The molecule has 1 atom stereocenters. The second-order valence-corrected chi connectivity index (χ2v) is 6.29. The average molecular weight is 330 g/mol. The molecule has 2 aromatic rings. The Labute approximate surface area is 141 Å². The second-order valence-electron chi connectivity index (χ2n) is 5.86. The lowest BCUT2D eigenvalue weighted by atomic mass is 9.91. The van der Waals surface area contributed by atoms with Crippen LogP contribution in [0.4, 0.5) is 5.69 Å². The fraction of sp³-hybridized carbons (Fsp3) is 0.316. The van der Waals surface area contributed by atoms with E-state index in [0.717, 1.165) is 18.6 Å². The molecule has 0 spiro atoms. The van der Waals surface area contributed by atoms with Crippen LogP contribution in [0.1, 0.15) is 30.9 Å². The van der Waals surface area contributed by atoms with Crippen molar-refractivity contribution in [3.05, 3.63) is 58.6 Å². The van der Waals surface area contributed by atoms with Crippen molar-refractivity contribution in [2.75, 3.05) is 5.32 Å². The zero-order valence-corrected chi connectivity index (χ0v) is 13.9. The molecule has 1 aliphatic rings. The van der Waals surface area contributed by atoms with Crippen molar-refractivity contribution in [1.82, 2.24) is 0 Å². The molecule has 3 rings (SSSR count). The van der Waals surface area contributed by atoms with Gasteiger partial charge in [0.05, 0.1) is 0 Å². The van der Waals surface area contributed by atoms with Gasteiger partial charge in [-0.1, -0.05) is 23.7 Å². The van der Waals surface area contributed by atoms with Gasteiger partial charge in [-0.05, 0) is 74.1 Å². The van der Waals surface area contributed by atoms with E-state index in [4.69, 9.17) is 16.3 Å². The molecular formula is C19H20ClNO2. The molecule has 0 unspecified atom stereocenters. The topological polar surface area (TPSA) is 38.3 Å². The Morgan fingerprint density at radius 1 is 1.13 bits per heavy atom. The number of rotatable bonds is 4. The zero-order chi connectivity index (χ0) is 16.2. The summed E-state index contributed by atoms with van der Waals surface area (Å²) in [6.45, 7) is 1.77. The van der Waals surface area contributed by atoms with E-state index in [1.54, 1.807) is 31.2 Å². The first kappa shape index (κ1) is 15.9. The Kier molecular flexibility index (Phi) is 4.87. The molecule has 1 amide bonds. The number of aryl methyl sites for hydroxylation is 1. The quantitative estimate of drug-likeness (QED) is 0.888. The molecule has 1 N–H and O–H groups in total. The minimum absolute atomic E-state index is 0.166. The molecule has 0 radical (unpaired) electrons. The van der Waals surface area contributed by atoms with Gasteiger partial charge < -0.3 is 10.1 Å². The standard InChI is InChI=1S/C19H20ClNO2/c1-13(19(22)21-16-11-9-15(20)10-12-16)23-18-8-4-6-14-5-2-3-7-17(14)18/h4,6,8-13H,2-3,5,7H2,1H3,(H,21,22)/t13-/m0/s1. The lowest BCUT2D eigenvalue weighted by Crippen LogP contribution is -2.30. The molecule has 4 heteroatoms. The number of nitrogens with one attached hydrogen (secondary N) is 1. The molecular weight excluding hydrogens is 310 g/mol. The average Bonchev–Trinajstić information content (AvgIpc) is 2.57. The van der Waals surface area contributed by atoms with Gasteiger partial charge in [0.15, 0.2) is 6.10 Å². The number of halogens is 1. The summed E-state index contributed by atoms with van der Waals surface area (Å²) in [5, 5.41) is 3.49. The van der Waals surface area contributed by atoms with Gasteiger partial charge in [0.1, 0.15) is 5.75 Å². The Hall–Kier alpha value is -2.00. The maximum Gasteiger partial charge on any atom is 0.265 e. The van der Waals surface area contributed by atoms with E-state index in [1.807, 2.05) is 12.1 Å².